The molecule has 1 fully saturated rings. The van der Waals surface area contributed by atoms with Crippen LogP contribution in [0.25, 0.3) is 0 Å². The SMILES string of the molecule is O=C1CN(C(=O)CCC(=O)N2CCCCCO2)c2ccccc2N1. The van der Waals surface area contributed by atoms with E-state index in [1.165, 1.54) is 9.96 Å². The zero-order valence-electron chi connectivity index (χ0n) is 13.5. The number of hydrogen-bond acceptors (Lipinski definition) is 4. The van der Waals surface area contributed by atoms with Crippen LogP contribution >= 0.6 is 0 Å². The van der Waals surface area contributed by atoms with Gasteiger partial charge in [-0.1, -0.05) is 12.1 Å². The van der Waals surface area contributed by atoms with Gasteiger partial charge in [-0.2, -0.15) is 0 Å². The van der Waals surface area contributed by atoms with E-state index in [0.29, 0.717) is 24.5 Å². The zero-order valence-corrected chi connectivity index (χ0v) is 13.5. The predicted molar refractivity (Wildman–Crippen MR) is 88.2 cm³/mol. The van der Waals surface area contributed by atoms with E-state index in [1.807, 2.05) is 6.07 Å². The van der Waals surface area contributed by atoms with Gasteiger partial charge in [0.25, 0.3) is 0 Å². The van der Waals surface area contributed by atoms with Gasteiger partial charge >= 0.3 is 0 Å². The summed E-state index contributed by atoms with van der Waals surface area (Å²) in [6.45, 7) is 1.09. The van der Waals surface area contributed by atoms with Crippen LogP contribution < -0.4 is 10.2 Å². The average molecular weight is 331 g/mol. The number of rotatable bonds is 3. The monoisotopic (exact) mass is 331 g/mol. The minimum atomic E-state index is -0.236. The number of anilines is 2. The second-order valence-corrected chi connectivity index (χ2v) is 5.93. The zero-order chi connectivity index (χ0) is 16.9. The second-order valence-electron chi connectivity index (χ2n) is 5.93. The lowest BCUT2D eigenvalue weighted by molar-refractivity contribution is -0.183. The number of hydroxylamine groups is 2. The van der Waals surface area contributed by atoms with Gasteiger partial charge in [-0.3, -0.25) is 19.2 Å². The second kappa shape index (κ2) is 7.44. The molecule has 1 aromatic rings. The Balaban J connectivity index is 1.61. The summed E-state index contributed by atoms with van der Waals surface area (Å²) in [5, 5.41) is 4.11. The molecule has 3 rings (SSSR count). The third-order valence-electron chi connectivity index (χ3n) is 4.16. The molecule has 0 aliphatic carbocycles. The summed E-state index contributed by atoms with van der Waals surface area (Å²) in [7, 11) is 0. The smallest absolute Gasteiger partial charge is 0.246 e. The third-order valence-corrected chi connectivity index (χ3v) is 4.16. The first-order valence-corrected chi connectivity index (χ1v) is 8.27. The Morgan fingerprint density at radius 2 is 1.88 bits per heavy atom. The molecule has 0 spiro atoms. The van der Waals surface area contributed by atoms with Crippen LogP contribution in [0.3, 0.4) is 0 Å². The summed E-state index contributed by atoms with van der Waals surface area (Å²) in [6.07, 6.45) is 3.05. The van der Waals surface area contributed by atoms with Crippen molar-refractivity contribution >= 4 is 29.1 Å². The molecule has 1 N–H and O–H groups in total. The van der Waals surface area contributed by atoms with Crippen molar-refractivity contribution in [2.45, 2.75) is 32.1 Å². The fourth-order valence-electron chi connectivity index (χ4n) is 2.90. The molecule has 1 saturated heterocycles. The molecule has 0 bridgehead atoms. The van der Waals surface area contributed by atoms with Crippen molar-refractivity contribution in [1.29, 1.82) is 0 Å². The molecule has 0 atom stereocenters. The summed E-state index contributed by atoms with van der Waals surface area (Å²) < 4.78 is 0. The highest BCUT2D eigenvalue weighted by Gasteiger charge is 2.27. The Labute approximate surface area is 140 Å². The highest BCUT2D eigenvalue weighted by Crippen LogP contribution is 2.29. The fourth-order valence-corrected chi connectivity index (χ4v) is 2.90. The van der Waals surface area contributed by atoms with Crippen LogP contribution in [0.15, 0.2) is 24.3 Å². The van der Waals surface area contributed by atoms with E-state index in [1.54, 1.807) is 18.2 Å². The van der Waals surface area contributed by atoms with Crippen LogP contribution in [0.4, 0.5) is 11.4 Å². The van der Waals surface area contributed by atoms with Gasteiger partial charge in [-0.15, -0.1) is 0 Å². The van der Waals surface area contributed by atoms with E-state index in [9.17, 15) is 14.4 Å². The summed E-state index contributed by atoms with van der Waals surface area (Å²) in [6, 6.07) is 7.15. The van der Waals surface area contributed by atoms with Crippen molar-refractivity contribution in [3.63, 3.8) is 0 Å². The minimum absolute atomic E-state index is 0.0236. The fraction of sp³-hybridized carbons (Fsp3) is 0.471. The van der Waals surface area contributed by atoms with Crippen LogP contribution in [0.1, 0.15) is 32.1 Å². The summed E-state index contributed by atoms with van der Waals surface area (Å²) in [5.74, 6) is -0.648. The van der Waals surface area contributed by atoms with Crippen molar-refractivity contribution in [3.8, 4) is 0 Å². The lowest BCUT2D eigenvalue weighted by atomic mass is 10.1. The van der Waals surface area contributed by atoms with Gasteiger partial charge < -0.3 is 10.2 Å². The van der Waals surface area contributed by atoms with Crippen LogP contribution in [-0.4, -0.2) is 42.5 Å². The number of fused-ring (bicyclic) bond motifs is 1. The van der Waals surface area contributed by atoms with Crippen LogP contribution in [-0.2, 0) is 19.2 Å². The van der Waals surface area contributed by atoms with E-state index in [-0.39, 0.29) is 37.1 Å². The van der Waals surface area contributed by atoms with E-state index < -0.39 is 0 Å². The van der Waals surface area contributed by atoms with Crippen molar-refractivity contribution in [3.05, 3.63) is 24.3 Å². The average Bonchev–Trinajstić information content (AvgIpc) is 2.88. The van der Waals surface area contributed by atoms with Crippen LogP contribution in [0, 0.1) is 0 Å². The predicted octanol–water partition coefficient (Wildman–Crippen LogP) is 1.70. The molecule has 7 heteroatoms. The number of carbonyl (C=O) groups excluding carboxylic acids is 3. The largest absolute Gasteiger partial charge is 0.323 e. The van der Waals surface area contributed by atoms with Gasteiger partial charge in [0.1, 0.15) is 6.54 Å². The maximum atomic E-state index is 12.5. The minimum Gasteiger partial charge on any atom is -0.323 e. The van der Waals surface area contributed by atoms with Crippen molar-refractivity contribution in [2.24, 2.45) is 0 Å². The molecule has 2 aliphatic heterocycles. The number of nitrogens with zero attached hydrogens (tertiary/aromatic N) is 2. The van der Waals surface area contributed by atoms with Gasteiger partial charge in [-0.05, 0) is 31.4 Å². The Bertz CT molecular complexity index is 638. The highest BCUT2D eigenvalue weighted by molar-refractivity contribution is 6.10. The lowest BCUT2D eigenvalue weighted by Crippen LogP contribution is -2.42. The van der Waals surface area contributed by atoms with Gasteiger partial charge in [0.15, 0.2) is 0 Å². The third kappa shape index (κ3) is 3.73. The quantitative estimate of drug-likeness (QED) is 0.914. The molecule has 1 aromatic carbocycles. The van der Waals surface area contributed by atoms with Crippen LogP contribution in [0.2, 0.25) is 0 Å². The van der Waals surface area contributed by atoms with Gasteiger partial charge in [0.2, 0.25) is 17.7 Å². The normalized spacial score (nSPS) is 17.8. The van der Waals surface area contributed by atoms with Gasteiger partial charge in [-0.25, -0.2) is 5.06 Å². The number of carbonyl (C=O) groups is 3. The number of benzene rings is 1. The number of para-hydroxylation sites is 2. The lowest BCUT2D eigenvalue weighted by Gasteiger charge is -2.29. The van der Waals surface area contributed by atoms with Crippen LogP contribution in [0.5, 0.6) is 0 Å². The molecule has 24 heavy (non-hydrogen) atoms. The highest BCUT2D eigenvalue weighted by atomic mass is 16.7. The molecule has 3 amide bonds. The molecule has 2 heterocycles. The molecule has 0 radical (unpaired) electrons. The molecule has 0 unspecified atom stereocenters. The van der Waals surface area contributed by atoms with E-state index in [0.717, 1.165) is 19.3 Å². The first-order chi connectivity index (χ1) is 11.6. The van der Waals surface area contributed by atoms with E-state index in [2.05, 4.69) is 5.32 Å². The first kappa shape index (κ1) is 16.4. The van der Waals surface area contributed by atoms with Crippen molar-refractivity contribution in [2.75, 3.05) is 29.9 Å². The molecule has 128 valence electrons. The molecule has 0 aromatic heterocycles. The Morgan fingerprint density at radius 1 is 1.08 bits per heavy atom. The topological polar surface area (TPSA) is 79.0 Å². The molecule has 2 aliphatic rings. The standard InChI is InChI=1S/C17H21N3O4/c21-15-12-19(14-7-3-2-6-13(14)18-15)16(22)8-9-17(23)20-10-4-1-5-11-24-20/h2-3,6-7H,1,4-5,8-12H2,(H,18,21). The van der Waals surface area contributed by atoms with Crippen molar-refractivity contribution in [1.82, 2.24) is 5.06 Å². The Hall–Kier alpha value is -2.41. The molecular weight excluding hydrogens is 310 g/mol. The Morgan fingerprint density at radius 3 is 2.75 bits per heavy atom. The van der Waals surface area contributed by atoms with Crippen molar-refractivity contribution < 1.29 is 19.2 Å². The first-order valence-electron chi connectivity index (χ1n) is 8.27. The van der Waals surface area contributed by atoms with Gasteiger partial charge in [0.05, 0.1) is 18.0 Å². The number of hydrogen-bond donors (Lipinski definition) is 1. The maximum absolute atomic E-state index is 12.5. The van der Waals surface area contributed by atoms with E-state index in [4.69, 9.17) is 4.84 Å². The van der Waals surface area contributed by atoms with E-state index >= 15 is 0 Å². The maximum Gasteiger partial charge on any atom is 0.246 e. The molecule has 7 nitrogen and oxygen atoms in total. The molecular formula is C17H21N3O4. The summed E-state index contributed by atoms with van der Waals surface area (Å²) in [4.78, 5) is 43.3. The summed E-state index contributed by atoms with van der Waals surface area (Å²) in [5.41, 5.74) is 1.28. The summed E-state index contributed by atoms with van der Waals surface area (Å²) >= 11 is 0. The van der Waals surface area contributed by atoms with Gasteiger partial charge in [0, 0.05) is 19.4 Å². The number of amides is 3. The Kier molecular flexibility index (Phi) is 5.10. The molecule has 0 saturated carbocycles. The number of nitrogens with one attached hydrogen (secondary N) is 1.